The maximum absolute atomic E-state index is 14.7. The first-order chi connectivity index (χ1) is 30.0. The van der Waals surface area contributed by atoms with Crippen LogP contribution in [-0.4, -0.2) is 96.2 Å². The average molecular weight is 883 g/mol. The van der Waals surface area contributed by atoms with E-state index in [2.05, 4.69) is 49.7 Å². The average Bonchev–Trinajstić information content (AvgIpc) is 3.91. The molecule has 1 aliphatic carbocycles. The molecule has 63 heavy (non-hydrogen) atoms. The molecule has 7 atom stereocenters. The molecule has 0 aromatic heterocycles. The molecule has 2 heterocycles. The summed E-state index contributed by atoms with van der Waals surface area (Å²) in [6.07, 6.45) is 2.84. The largest absolute Gasteiger partial charge is 0.445 e. The summed E-state index contributed by atoms with van der Waals surface area (Å²) in [6.45, 7) is 6.94. The lowest BCUT2D eigenvalue weighted by molar-refractivity contribution is -0.144. The number of thiol groups is 1. The molecule has 0 radical (unpaired) electrons. The Morgan fingerprint density at radius 1 is 0.921 bits per heavy atom. The maximum atomic E-state index is 14.7. The Morgan fingerprint density at radius 2 is 1.60 bits per heavy atom. The van der Waals surface area contributed by atoms with Gasteiger partial charge in [-0.3, -0.25) is 24.0 Å². The summed E-state index contributed by atoms with van der Waals surface area (Å²) >= 11 is 4.45. The zero-order chi connectivity index (χ0) is 45.4. The van der Waals surface area contributed by atoms with Crippen LogP contribution in [0.1, 0.15) is 96.8 Å². The standard InChI is InChI=1S/C45H54N8O9S/c1-25(47-44(60)62-24-26-12-14-30(52-61)15-13-26)39(55)51-38(45(2,3)4)43(59)53-22-32(20-37(53)42(58)50-36-11-7-9-27-8-5-6-10-35(27)36)49-41(57)29-16-28(17-34(63)18-29)40(56)48-31-19-33(23-54)46-21-31/h5-6,8,10,12-18,23,25,31-33,36-38,46,63H,7,9,11,19-22,24H2,1-4H3,(H,47,60)(H,48,56)(H,49,57)(H,50,58)(H,51,55)/t25-,31-,32-,33-,36+,37?,38?/m0/s1. The van der Waals surface area contributed by atoms with Gasteiger partial charge in [0.25, 0.3) is 11.8 Å². The van der Waals surface area contributed by atoms with Gasteiger partial charge >= 0.3 is 6.09 Å². The first-order valence-corrected chi connectivity index (χ1v) is 21.5. The summed E-state index contributed by atoms with van der Waals surface area (Å²) in [5.74, 6) is -2.64. The second kappa shape index (κ2) is 20.4. The molecule has 6 amide bonds. The van der Waals surface area contributed by atoms with E-state index in [1.165, 1.54) is 42.2 Å². The number of hydrogen-bond acceptors (Lipinski definition) is 12. The zero-order valence-corrected chi connectivity index (χ0v) is 36.5. The minimum absolute atomic E-state index is 0.0567. The Morgan fingerprint density at radius 3 is 2.25 bits per heavy atom. The number of aldehydes is 1. The monoisotopic (exact) mass is 882 g/mol. The number of nitrogens with one attached hydrogen (secondary N) is 6. The number of carbonyl (C=O) groups is 7. The van der Waals surface area contributed by atoms with Crippen LogP contribution in [0, 0.1) is 10.3 Å². The molecule has 3 aromatic carbocycles. The highest BCUT2D eigenvalue weighted by molar-refractivity contribution is 7.80. The van der Waals surface area contributed by atoms with Crippen molar-refractivity contribution in [3.05, 3.63) is 99.5 Å². The van der Waals surface area contributed by atoms with Crippen molar-refractivity contribution in [2.24, 2.45) is 10.6 Å². The maximum Gasteiger partial charge on any atom is 0.408 e. The normalized spacial score (nSPS) is 21.5. The number of carbonyl (C=O) groups excluding carboxylic acids is 7. The van der Waals surface area contributed by atoms with Crippen LogP contribution in [0.15, 0.2) is 76.8 Å². The number of aryl methyl sites for hydroxylation is 1. The lowest BCUT2D eigenvalue weighted by Gasteiger charge is -2.36. The molecule has 2 saturated heterocycles. The number of likely N-dealkylation sites (tertiary alicyclic amines) is 1. The van der Waals surface area contributed by atoms with Crippen LogP contribution in [0.5, 0.6) is 0 Å². The lowest BCUT2D eigenvalue weighted by atomic mass is 9.85. The van der Waals surface area contributed by atoms with Gasteiger partial charge in [0.1, 0.15) is 36.7 Å². The number of ether oxygens (including phenoxy) is 1. The van der Waals surface area contributed by atoms with Crippen molar-refractivity contribution >= 4 is 60.2 Å². The van der Waals surface area contributed by atoms with Crippen molar-refractivity contribution < 1.29 is 38.3 Å². The molecule has 6 N–H and O–H groups in total. The molecule has 0 saturated carbocycles. The fraction of sp³-hybridized carbons (Fsp3) is 0.444. The van der Waals surface area contributed by atoms with Gasteiger partial charge in [-0.1, -0.05) is 57.2 Å². The van der Waals surface area contributed by atoms with Gasteiger partial charge < -0.3 is 46.3 Å². The minimum Gasteiger partial charge on any atom is -0.445 e. The van der Waals surface area contributed by atoms with Crippen molar-refractivity contribution in [1.29, 1.82) is 0 Å². The van der Waals surface area contributed by atoms with Gasteiger partial charge in [-0.2, -0.15) is 0 Å². The predicted molar refractivity (Wildman–Crippen MR) is 235 cm³/mol. The van der Waals surface area contributed by atoms with E-state index in [9.17, 15) is 38.5 Å². The van der Waals surface area contributed by atoms with Gasteiger partial charge in [-0.05, 0) is 96.6 Å². The molecular weight excluding hydrogens is 829 g/mol. The molecule has 2 unspecified atom stereocenters. The van der Waals surface area contributed by atoms with Crippen molar-refractivity contribution in [2.75, 3.05) is 13.1 Å². The molecule has 2 aliphatic heterocycles. The number of amides is 6. The Labute approximate surface area is 371 Å². The number of alkyl carbamates (subject to hydrolysis) is 1. The Hall–Kier alpha value is -6.14. The predicted octanol–water partition coefficient (Wildman–Crippen LogP) is 3.77. The Bertz CT molecular complexity index is 2230. The highest BCUT2D eigenvalue weighted by atomic mass is 32.1. The lowest BCUT2D eigenvalue weighted by Crippen LogP contribution is -2.60. The van der Waals surface area contributed by atoms with E-state index >= 15 is 0 Å². The highest BCUT2D eigenvalue weighted by Gasteiger charge is 2.46. The van der Waals surface area contributed by atoms with Crippen LogP contribution < -0.4 is 31.9 Å². The molecule has 2 fully saturated rings. The van der Waals surface area contributed by atoms with Gasteiger partial charge in [0.15, 0.2) is 0 Å². The smallest absolute Gasteiger partial charge is 0.408 e. The molecule has 3 aliphatic rings. The number of nitrogens with zero attached hydrogens (tertiary/aromatic N) is 2. The molecular formula is C45H54N8O9S. The van der Waals surface area contributed by atoms with Crippen LogP contribution >= 0.6 is 12.6 Å². The third-order valence-electron chi connectivity index (χ3n) is 11.6. The number of nitroso groups, excluding NO2 is 1. The quantitative estimate of drug-likeness (QED) is 0.0704. The van der Waals surface area contributed by atoms with E-state index in [0.29, 0.717) is 29.8 Å². The number of hydrogen-bond donors (Lipinski definition) is 7. The second-order valence-corrected chi connectivity index (χ2v) is 17.9. The van der Waals surface area contributed by atoms with Crippen LogP contribution in [0.3, 0.4) is 0 Å². The number of rotatable bonds is 14. The number of fused-ring (bicyclic) bond motifs is 1. The molecule has 18 heteroatoms. The fourth-order valence-corrected chi connectivity index (χ4v) is 8.44. The third kappa shape index (κ3) is 11.9. The zero-order valence-electron chi connectivity index (χ0n) is 35.6. The summed E-state index contributed by atoms with van der Waals surface area (Å²) in [7, 11) is 0. The van der Waals surface area contributed by atoms with Gasteiger partial charge in [0.05, 0.1) is 12.1 Å². The minimum atomic E-state index is -1.17. The van der Waals surface area contributed by atoms with E-state index in [0.717, 1.165) is 30.3 Å². The molecule has 334 valence electrons. The summed E-state index contributed by atoms with van der Waals surface area (Å²) in [6, 6.07) is 13.5. The summed E-state index contributed by atoms with van der Waals surface area (Å²) < 4.78 is 5.25. The third-order valence-corrected chi connectivity index (χ3v) is 11.8. The van der Waals surface area contributed by atoms with Gasteiger partial charge in [0, 0.05) is 41.2 Å². The van der Waals surface area contributed by atoms with E-state index in [4.69, 9.17) is 4.74 Å². The van der Waals surface area contributed by atoms with Crippen LogP contribution in [0.2, 0.25) is 0 Å². The fourth-order valence-electron chi connectivity index (χ4n) is 8.16. The molecule has 0 spiro atoms. The summed E-state index contributed by atoms with van der Waals surface area (Å²) in [4.78, 5) is 106. The van der Waals surface area contributed by atoms with Crippen molar-refractivity contribution in [2.45, 2.75) is 114 Å². The highest BCUT2D eigenvalue weighted by Crippen LogP contribution is 2.32. The topological polar surface area (TPSA) is 234 Å². The molecule has 17 nitrogen and oxygen atoms in total. The van der Waals surface area contributed by atoms with Crippen molar-refractivity contribution in [1.82, 2.24) is 36.8 Å². The van der Waals surface area contributed by atoms with E-state index in [1.807, 2.05) is 24.3 Å². The summed E-state index contributed by atoms with van der Waals surface area (Å²) in [5.41, 5.74) is 2.40. The van der Waals surface area contributed by atoms with Crippen LogP contribution in [0.25, 0.3) is 0 Å². The molecule has 3 aromatic rings. The summed E-state index contributed by atoms with van der Waals surface area (Å²) in [5, 5.41) is 20.1. The van der Waals surface area contributed by atoms with Crippen molar-refractivity contribution in [3.63, 3.8) is 0 Å². The van der Waals surface area contributed by atoms with Crippen LogP contribution in [0.4, 0.5) is 10.5 Å². The van der Waals surface area contributed by atoms with Crippen LogP contribution in [-0.2, 0) is 36.9 Å². The molecule has 6 rings (SSSR count). The van der Waals surface area contributed by atoms with E-state index in [-0.39, 0.29) is 54.5 Å². The SMILES string of the molecule is C[C@H](NC(=O)OCc1ccc(N=O)cc1)C(=O)NC(C(=O)N1C[C@@H](NC(=O)c2cc(S)cc(C(=O)N[C@@H]3CN[C@H](C=O)C3)c2)CC1C(=O)N[C@@H]1CCCc2ccccc21)C(C)(C)C. The number of benzene rings is 3. The first kappa shape index (κ1) is 46.4. The Kier molecular flexibility index (Phi) is 15.0. The van der Waals surface area contributed by atoms with E-state index in [1.54, 1.807) is 32.9 Å². The Balaban J connectivity index is 1.17. The van der Waals surface area contributed by atoms with Gasteiger partial charge in [0.2, 0.25) is 17.7 Å². The van der Waals surface area contributed by atoms with Crippen molar-refractivity contribution in [3.8, 4) is 0 Å². The molecule has 0 bridgehead atoms. The van der Waals surface area contributed by atoms with Gasteiger partial charge in [-0.15, -0.1) is 17.5 Å². The van der Waals surface area contributed by atoms with Gasteiger partial charge in [-0.25, -0.2) is 4.79 Å². The second-order valence-electron chi connectivity index (χ2n) is 17.4. The van der Waals surface area contributed by atoms with E-state index < -0.39 is 65.2 Å². The first-order valence-electron chi connectivity index (χ1n) is 21.0.